The van der Waals surface area contributed by atoms with Gasteiger partial charge in [0, 0.05) is 0 Å². The third-order valence-corrected chi connectivity index (χ3v) is 3.26. The number of alkyl halides is 3. The van der Waals surface area contributed by atoms with E-state index in [4.69, 9.17) is 4.74 Å². The lowest BCUT2D eigenvalue weighted by molar-refractivity contribution is -0.159. The van der Waals surface area contributed by atoms with Crippen molar-refractivity contribution in [1.29, 1.82) is 0 Å². The molecule has 0 aromatic heterocycles. The molecule has 0 saturated heterocycles. The molecule has 9 heteroatoms. The summed E-state index contributed by atoms with van der Waals surface area (Å²) in [6.07, 6.45) is -5.16. The number of nitrogens with one attached hydrogen (secondary N) is 1. The molecule has 0 unspecified atom stereocenters. The zero-order valence-corrected chi connectivity index (χ0v) is 15.5. The molecule has 0 spiro atoms. The molecule has 1 aromatic rings. The minimum Gasteiger partial charge on any atom is -0.467 e. The predicted molar refractivity (Wildman–Crippen MR) is 89.6 cm³/mol. The minimum atomic E-state index is -4.47. The van der Waals surface area contributed by atoms with Crippen LogP contribution in [0.5, 0.6) is 0 Å². The number of halogens is 3. The topological polar surface area (TPSA) is 81.7 Å². The summed E-state index contributed by atoms with van der Waals surface area (Å²) in [6, 6.07) is 2.81. The van der Waals surface area contributed by atoms with Gasteiger partial charge >= 0.3 is 18.1 Å². The largest absolute Gasteiger partial charge is 0.467 e. The molecule has 27 heavy (non-hydrogen) atoms. The van der Waals surface area contributed by atoms with Crippen molar-refractivity contribution in [3.05, 3.63) is 35.4 Å². The first-order chi connectivity index (χ1) is 12.3. The third-order valence-electron chi connectivity index (χ3n) is 3.26. The number of benzene rings is 1. The first-order valence-corrected chi connectivity index (χ1v) is 8.07. The van der Waals surface area contributed by atoms with Crippen LogP contribution in [-0.2, 0) is 36.5 Å². The van der Waals surface area contributed by atoms with Crippen LogP contribution < -0.4 is 5.32 Å². The van der Waals surface area contributed by atoms with Crippen molar-refractivity contribution in [1.82, 2.24) is 5.32 Å². The van der Waals surface area contributed by atoms with Gasteiger partial charge in [-0.3, -0.25) is 9.59 Å². The van der Waals surface area contributed by atoms with Gasteiger partial charge in [0.2, 0.25) is 5.91 Å². The third kappa shape index (κ3) is 8.10. The van der Waals surface area contributed by atoms with E-state index in [1.807, 2.05) is 0 Å². The SMILES string of the molecule is COC(=O)[C@H](CC(=O)OC(C)(C)C)NC(=O)Cc1ccc(C(F)(F)F)cc1. The van der Waals surface area contributed by atoms with Gasteiger partial charge in [0.15, 0.2) is 0 Å². The Kier molecular flexibility index (Phi) is 7.38. The van der Waals surface area contributed by atoms with Crippen molar-refractivity contribution in [3.8, 4) is 0 Å². The number of carbonyl (C=O) groups excluding carboxylic acids is 3. The summed E-state index contributed by atoms with van der Waals surface area (Å²) < 4.78 is 47.3. The number of hydrogen-bond donors (Lipinski definition) is 1. The van der Waals surface area contributed by atoms with Crippen molar-refractivity contribution in [2.24, 2.45) is 0 Å². The number of rotatable bonds is 6. The van der Waals surface area contributed by atoms with Crippen LogP contribution in [0, 0.1) is 0 Å². The fourth-order valence-corrected chi connectivity index (χ4v) is 2.13. The number of hydrogen-bond acceptors (Lipinski definition) is 5. The molecule has 0 heterocycles. The fourth-order valence-electron chi connectivity index (χ4n) is 2.13. The second-order valence-corrected chi connectivity index (χ2v) is 6.81. The molecule has 1 rings (SSSR count). The van der Waals surface area contributed by atoms with Crippen molar-refractivity contribution in [2.75, 3.05) is 7.11 Å². The Morgan fingerprint density at radius 1 is 1.07 bits per heavy atom. The summed E-state index contributed by atoms with van der Waals surface area (Å²) in [7, 11) is 1.10. The lowest BCUT2D eigenvalue weighted by Gasteiger charge is -2.22. The smallest absolute Gasteiger partial charge is 0.416 e. The molecule has 6 nitrogen and oxygen atoms in total. The van der Waals surface area contributed by atoms with E-state index in [0.717, 1.165) is 19.2 Å². The highest BCUT2D eigenvalue weighted by Gasteiger charge is 2.30. The lowest BCUT2D eigenvalue weighted by atomic mass is 10.1. The van der Waals surface area contributed by atoms with E-state index in [2.05, 4.69) is 10.1 Å². The van der Waals surface area contributed by atoms with Crippen molar-refractivity contribution in [3.63, 3.8) is 0 Å². The summed E-state index contributed by atoms with van der Waals surface area (Å²) in [5.74, 6) is -2.18. The van der Waals surface area contributed by atoms with Crippen LogP contribution >= 0.6 is 0 Å². The molecule has 0 fully saturated rings. The molecule has 0 aliphatic rings. The van der Waals surface area contributed by atoms with E-state index in [-0.39, 0.29) is 6.42 Å². The number of ether oxygens (including phenoxy) is 2. The average molecular weight is 389 g/mol. The van der Waals surface area contributed by atoms with E-state index in [9.17, 15) is 27.6 Å². The van der Waals surface area contributed by atoms with E-state index >= 15 is 0 Å². The molecule has 0 saturated carbocycles. The highest BCUT2D eigenvalue weighted by molar-refractivity contribution is 5.88. The molecule has 0 radical (unpaired) electrons. The maximum absolute atomic E-state index is 12.5. The molecule has 0 aliphatic carbocycles. The fraction of sp³-hybridized carbons (Fsp3) is 0.500. The van der Waals surface area contributed by atoms with Gasteiger partial charge in [0.25, 0.3) is 0 Å². The minimum absolute atomic E-state index is 0.264. The molecule has 1 amide bonds. The van der Waals surface area contributed by atoms with Crippen LogP contribution in [0.15, 0.2) is 24.3 Å². The van der Waals surface area contributed by atoms with Crippen LogP contribution in [0.2, 0.25) is 0 Å². The normalized spacial score (nSPS) is 12.9. The van der Waals surface area contributed by atoms with Crippen LogP contribution in [0.1, 0.15) is 38.3 Å². The Balaban J connectivity index is 2.74. The summed E-state index contributed by atoms with van der Waals surface area (Å²) in [6.45, 7) is 4.96. The van der Waals surface area contributed by atoms with Crippen molar-refractivity contribution >= 4 is 17.8 Å². The summed E-state index contributed by atoms with van der Waals surface area (Å²) >= 11 is 0. The lowest BCUT2D eigenvalue weighted by Crippen LogP contribution is -2.44. The Bertz CT molecular complexity index is 678. The van der Waals surface area contributed by atoms with Gasteiger partial charge in [0.05, 0.1) is 25.5 Å². The number of methoxy groups -OCH3 is 1. The standard InChI is InChI=1S/C18H22F3NO5/c1-17(2,3)27-15(24)10-13(16(25)26-4)22-14(23)9-11-5-7-12(8-6-11)18(19,20)21/h5-8,13H,9-10H2,1-4H3,(H,22,23)/t13-/m0/s1. The number of carbonyl (C=O) groups is 3. The predicted octanol–water partition coefficient (Wildman–Crippen LogP) is 2.64. The zero-order valence-electron chi connectivity index (χ0n) is 15.5. The maximum atomic E-state index is 12.5. The van der Waals surface area contributed by atoms with Gasteiger partial charge < -0.3 is 14.8 Å². The van der Waals surface area contributed by atoms with Crippen LogP contribution in [0.4, 0.5) is 13.2 Å². The van der Waals surface area contributed by atoms with Gasteiger partial charge in [-0.25, -0.2) is 4.79 Å². The Labute approximate surface area is 155 Å². The van der Waals surface area contributed by atoms with Gasteiger partial charge in [-0.1, -0.05) is 12.1 Å². The van der Waals surface area contributed by atoms with Gasteiger partial charge in [-0.05, 0) is 38.5 Å². The average Bonchev–Trinajstić information content (AvgIpc) is 2.51. The molecule has 0 bridgehead atoms. The first kappa shape index (κ1) is 22.5. The molecular formula is C18H22F3NO5. The van der Waals surface area contributed by atoms with Gasteiger partial charge in [0.1, 0.15) is 11.6 Å². The maximum Gasteiger partial charge on any atom is 0.416 e. The zero-order chi connectivity index (χ0) is 20.8. The molecule has 1 atom stereocenters. The van der Waals surface area contributed by atoms with Crippen molar-refractivity contribution in [2.45, 2.75) is 51.4 Å². The van der Waals surface area contributed by atoms with Crippen LogP contribution in [0.3, 0.4) is 0 Å². The summed E-state index contributed by atoms with van der Waals surface area (Å²) in [4.78, 5) is 35.8. The molecule has 1 aromatic carbocycles. The monoisotopic (exact) mass is 389 g/mol. The Morgan fingerprint density at radius 3 is 2.07 bits per heavy atom. The highest BCUT2D eigenvalue weighted by Crippen LogP contribution is 2.29. The second-order valence-electron chi connectivity index (χ2n) is 6.81. The Hall–Kier alpha value is -2.58. The first-order valence-electron chi connectivity index (χ1n) is 8.07. The highest BCUT2D eigenvalue weighted by atomic mass is 19.4. The summed E-state index contributed by atoms with van der Waals surface area (Å²) in [5, 5.41) is 2.34. The number of esters is 2. The van der Waals surface area contributed by atoms with E-state index in [1.54, 1.807) is 20.8 Å². The molecule has 1 N–H and O–H groups in total. The quantitative estimate of drug-likeness (QED) is 0.757. The second kappa shape index (κ2) is 8.88. The van der Waals surface area contributed by atoms with Crippen LogP contribution in [-0.4, -0.2) is 36.6 Å². The van der Waals surface area contributed by atoms with Crippen molar-refractivity contribution < 1.29 is 37.0 Å². The number of amides is 1. The van der Waals surface area contributed by atoms with E-state index in [0.29, 0.717) is 5.56 Å². The van der Waals surface area contributed by atoms with Crippen LogP contribution in [0.25, 0.3) is 0 Å². The van der Waals surface area contributed by atoms with E-state index in [1.165, 1.54) is 12.1 Å². The van der Waals surface area contributed by atoms with Gasteiger partial charge in [-0.15, -0.1) is 0 Å². The molecular weight excluding hydrogens is 367 g/mol. The van der Waals surface area contributed by atoms with Gasteiger partial charge in [-0.2, -0.15) is 13.2 Å². The molecule has 0 aliphatic heterocycles. The Morgan fingerprint density at radius 2 is 1.63 bits per heavy atom. The molecule has 150 valence electrons. The summed E-state index contributed by atoms with van der Waals surface area (Å²) in [5.41, 5.74) is -1.27. The van der Waals surface area contributed by atoms with E-state index < -0.39 is 47.6 Å².